The molecular formula is C24H32N2O. The summed E-state index contributed by atoms with van der Waals surface area (Å²) in [6.07, 6.45) is 20.9. The fourth-order valence-electron chi connectivity index (χ4n) is 6.17. The molecule has 0 aromatic heterocycles. The zero-order chi connectivity index (χ0) is 18.4. The van der Waals surface area contributed by atoms with E-state index in [2.05, 4.69) is 34.2 Å². The molecule has 5 rings (SSSR count). The Balaban J connectivity index is 1.54. The summed E-state index contributed by atoms with van der Waals surface area (Å²) in [5, 5.41) is 9.68. The fourth-order valence-corrected chi connectivity index (χ4v) is 6.17. The number of rotatable bonds is 4. The lowest BCUT2D eigenvalue weighted by Crippen LogP contribution is -2.34. The van der Waals surface area contributed by atoms with E-state index in [9.17, 15) is 5.11 Å². The zero-order valence-corrected chi connectivity index (χ0v) is 16.5. The molecule has 2 aliphatic carbocycles. The molecular weight excluding hydrogens is 332 g/mol. The van der Waals surface area contributed by atoms with Crippen LogP contribution in [-0.4, -0.2) is 34.9 Å². The van der Waals surface area contributed by atoms with Crippen LogP contribution in [0.1, 0.15) is 58.3 Å². The van der Waals surface area contributed by atoms with Gasteiger partial charge >= 0.3 is 0 Å². The third-order valence-corrected chi connectivity index (χ3v) is 7.40. The van der Waals surface area contributed by atoms with E-state index in [1.807, 2.05) is 13.1 Å². The normalized spacial score (nSPS) is 35.1. The third kappa shape index (κ3) is 2.95. The van der Waals surface area contributed by atoms with Crippen molar-refractivity contribution in [2.75, 3.05) is 6.54 Å². The topological polar surface area (TPSA) is 35.8 Å². The van der Waals surface area contributed by atoms with Crippen LogP contribution >= 0.6 is 0 Å². The van der Waals surface area contributed by atoms with E-state index >= 15 is 0 Å². The lowest BCUT2D eigenvalue weighted by atomic mass is 9.73. The molecule has 3 nitrogen and oxygen atoms in total. The van der Waals surface area contributed by atoms with E-state index in [1.54, 1.807) is 17.0 Å². The summed E-state index contributed by atoms with van der Waals surface area (Å²) in [5.41, 5.74) is 6.46. The molecule has 1 saturated heterocycles. The maximum atomic E-state index is 9.68. The molecule has 5 aliphatic rings. The molecule has 0 spiro atoms. The summed E-state index contributed by atoms with van der Waals surface area (Å²) >= 11 is 0. The van der Waals surface area contributed by atoms with Crippen LogP contribution in [-0.2, 0) is 0 Å². The first kappa shape index (κ1) is 17.5. The molecule has 144 valence electrons. The van der Waals surface area contributed by atoms with Crippen molar-refractivity contribution < 1.29 is 5.11 Å². The highest BCUT2D eigenvalue weighted by Gasteiger charge is 2.49. The smallest absolute Gasteiger partial charge is 0.0585 e. The Labute approximate surface area is 163 Å². The van der Waals surface area contributed by atoms with Crippen molar-refractivity contribution in [3.8, 4) is 0 Å². The van der Waals surface area contributed by atoms with Crippen molar-refractivity contribution in [2.24, 2.45) is 22.7 Å². The highest BCUT2D eigenvalue weighted by Crippen LogP contribution is 2.55. The van der Waals surface area contributed by atoms with Gasteiger partial charge in [0.15, 0.2) is 0 Å². The highest BCUT2D eigenvalue weighted by atomic mass is 16.3. The minimum absolute atomic E-state index is 0.170. The van der Waals surface area contributed by atoms with Gasteiger partial charge in [0.1, 0.15) is 0 Å². The summed E-state index contributed by atoms with van der Waals surface area (Å²) in [6, 6.07) is 0.531. The second-order valence-corrected chi connectivity index (χ2v) is 9.06. The number of aliphatic hydroxyl groups excluding tert-OH is 1. The Morgan fingerprint density at radius 1 is 1.26 bits per heavy atom. The summed E-state index contributed by atoms with van der Waals surface area (Å²) in [7, 11) is 0. The van der Waals surface area contributed by atoms with Gasteiger partial charge in [-0.05, 0) is 75.0 Å². The van der Waals surface area contributed by atoms with E-state index in [4.69, 9.17) is 0 Å². The summed E-state index contributed by atoms with van der Waals surface area (Å²) in [4.78, 5) is 7.40. The summed E-state index contributed by atoms with van der Waals surface area (Å²) in [5.74, 6) is 1.97. The summed E-state index contributed by atoms with van der Waals surface area (Å²) < 4.78 is 0. The zero-order valence-electron chi connectivity index (χ0n) is 16.5. The number of fused-ring (bicyclic) bond motifs is 5. The van der Waals surface area contributed by atoms with Crippen molar-refractivity contribution >= 4 is 6.21 Å². The van der Waals surface area contributed by atoms with Crippen molar-refractivity contribution in [1.82, 2.24) is 4.90 Å². The van der Waals surface area contributed by atoms with Gasteiger partial charge in [-0.1, -0.05) is 24.6 Å². The van der Waals surface area contributed by atoms with E-state index in [0.717, 1.165) is 25.8 Å². The Morgan fingerprint density at radius 2 is 2.19 bits per heavy atom. The molecule has 0 amide bonds. The first-order valence-corrected chi connectivity index (χ1v) is 11.0. The van der Waals surface area contributed by atoms with Gasteiger partial charge in [0.05, 0.1) is 12.1 Å². The van der Waals surface area contributed by atoms with Gasteiger partial charge in [0.2, 0.25) is 0 Å². The maximum absolute atomic E-state index is 9.68. The average Bonchev–Trinajstić information content (AvgIpc) is 2.90. The average molecular weight is 365 g/mol. The van der Waals surface area contributed by atoms with E-state index < -0.39 is 0 Å². The molecule has 1 N–H and O–H groups in total. The van der Waals surface area contributed by atoms with Gasteiger partial charge in [-0.2, -0.15) is 0 Å². The van der Waals surface area contributed by atoms with Crippen molar-refractivity contribution in [3.63, 3.8) is 0 Å². The van der Waals surface area contributed by atoms with Crippen LogP contribution in [0.4, 0.5) is 0 Å². The van der Waals surface area contributed by atoms with Crippen LogP contribution in [0.5, 0.6) is 0 Å². The Kier molecular flexibility index (Phi) is 4.59. The molecule has 3 unspecified atom stereocenters. The fraction of sp³-hybridized carbons (Fsp3) is 0.625. The van der Waals surface area contributed by atoms with E-state index in [0.29, 0.717) is 23.8 Å². The van der Waals surface area contributed by atoms with Crippen LogP contribution in [0.2, 0.25) is 0 Å². The maximum Gasteiger partial charge on any atom is 0.0585 e. The molecule has 0 aromatic rings. The van der Waals surface area contributed by atoms with Crippen molar-refractivity contribution in [1.29, 1.82) is 0 Å². The molecule has 3 heteroatoms. The first-order chi connectivity index (χ1) is 13.2. The number of aliphatic imine (C=N–C) groups is 1. The number of aliphatic hydroxyl groups is 1. The first-order valence-electron chi connectivity index (χ1n) is 11.0. The predicted molar refractivity (Wildman–Crippen MR) is 110 cm³/mol. The lowest BCUT2D eigenvalue weighted by Gasteiger charge is -2.38. The molecule has 27 heavy (non-hydrogen) atoms. The number of dihydropyridines is 1. The Bertz CT molecular complexity index is 754. The molecule has 3 aliphatic heterocycles. The van der Waals surface area contributed by atoms with Gasteiger partial charge in [-0.3, -0.25) is 4.99 Å². The number of hydrogen-bond acceptors (Lipinski definition) is 3. The van der Waals surface area contributed by atoms with Gasteiger partial charge in [0, 0.05) is 36.0 Å². The molecule has 0 saturated carbocycles. The number of hydrogen-bond donors (Lipinski definition) is 1. The second-order valence-electron chi connectivity index (χ2n) is 9.06. The number of allylic oxidation sites excluding steroid dienone is 5. The van der Waals surface area contributed by atoms with Crippen molar-refractivity contribution in [3.05, 3.63) is 46.8 Å². The number of nitrogens with zero attached hydrogens (tertiary/aromatic N) is 2. The van der Waals surface area contributed by atoms with E-state index in [1.165, 1.54) is 37.7 Å². The molecule has 0 bridgehead atoms. The van der Waals surface area contributed by atoms with Gasteiger partial charge in [-0.15, -0.1) is 0 Å². The minimum Gasteiger partial charge on any atom is -0.393 e. The monoisotopic (exact) mass is 364 g/mol. The molecule has 0 radical (unpaired) electrons. The van der Waals surface area contributed by atoms with Crippen LogP contribution in [0, 0.1) is 17.8 Å². The predicted octanol–water partition coefficient (Wildman–Crippen LogP) is 4.77. The molecule has 0 aromatic carbocycles. The lowest BCUT2D eigenvalue weighted by molar-refractivity contribution is 0.177. The minimum atomic E-state index is -0.170. The van der Waals surface area contributed by atoms with Gasteiger partial charge in [0.25, 0.3) is 0 Å². The Morgan fingerprint density at radius 3 is 3.07 bits per heavy atom. The van der Waals surface area contributed by atoms with Crippen LogP contribution in [0.3, 0.4) is 0 Å². The third-order valence-electron chi connectivity index (χ3n) is 7.40. The van der Waals surface area contributed by atoms with Gasteiger partial charge in [-0.25, -0.2) is 0 Å². The van der Waals surface area contributed by atoms with E-state index in [-0.39, 0.29) is 6.10 Å². The van der Waals surface area contributed by atoms with Crippen LogP contribution in [0.25, 0.3) is 0 Å². The SMILES string of the molecule is CC(O)CCCC1CC[C@H]2C3=C1CC=C1C=CCCC1N3C1=CC=NC[C@@H]12. The van der Waals surface area contributed by atoms with Crippen molar-refractivity contribution in [2.45, 2.75) is 70.4 Å². The molecule has 5 atom stereocenters. The molecule has 1 fully saturated rings. The summed E-state index contributed by atoms with van der Waals surface area (Å²) in [6.45, 7) is 2.89. The van der Waals surface area contributed by atoms with Crippen LogP contribution < -0.4 is 0 Å². The second kappa shape index (κ2) is 7.09. The largest absolute Gasteiger partial charge is 0.393 e. The van der Waals surface area contributed by atoms with Gasteiger partial charge < -0.3 is 10.0 Å². The molecule has 3 heterocycles. The highest BCUT2D eigenvalue weighted by molar-refractivity contribution is 5.74. The standard InChI is InChI=1S/C24H32N2O/c1-16(27)5-4-7-17-9-12-20-21-15-25-14-13-23(21)26-22-8-3-2-6-18(22)10-11-19(17)24(20)26/h2,6,10,13-14,16-17,20-22,27H,3-5,7-9,11-12,15H2,1H3/t16?,17?,20-,21-,22?/m1/s1. The Hall–Kier alpha value is -1.61. The van der Waals surface area contributed by atoms with Crippen LogP contribution in [0.15, 0.2) is 51.8 Å². The quantitative estimate of drug-likeness (QED) is 0.780.